The van der Waals surface area contributed by atoms with Crippen LogP contribution in [0.2, 0.25) is 0 Å². The minimum atomic E-state index is -4.43. The van der Waals surface area contributed by atoms with E-state index in [9.17, 15) is 13.2 Å². The zero-order valence-electron chi connectivity index (χ0n) is 9.48. The van der Waals surface area contributed by atoms with E-state index < -0.39 is 11.7 Å². The molecule has 0 aliphatic carbocycles. The van der Waals surface area contributed by atoms with Crippen molar-refractivity contribution in [3.8, 4) is 11.1 Å². The highest BCUT2D eigenvalue weighted by molar-refractivity contribution is 5.91. The molecule has 19 heavy (non-hydrogen) atoms. The SMILES string of the molecule is FC(F)(F)c1cc(-c2ccccc2)c2nonc2c1. The van der Waals surface area contributed by atoms with Gasteiger partial charge in [0.15, 0.2) is 0 Å². The minimum Gasteiger partial charge on any atom is -0.243 e. The van der Waals surface area contributed by atoms with E-state index in [1.165, 1.54) is 0 Å². The first-order valence-electron chi connectivity index (χ1n) is 5.44. The molecular weight excluding hydrogens is 257 g/mol. The number of nitrogens with zero attached hydrogens (tertiary/aromatic N) is 2. The van der Waals surface area contributed by atoms with Crippen LogP contribution in [0.25, 0.3) is 22.2 Å². The van der Waals surface area contributed by atoms with Gasteiger partial charge in [0.1, 0.15) is 11.0 Å². The predicted molar refractivity (Wildman–Crippen MR) is 62.2 cm³/mol. The summed E-state index contributed by atoms with van der Waals surface area (Å²) in [5, 5.41) is 7.16. The normalized spacial score (nSPS) is 11.9. The maximum absolute atomic E-state index is 12.8. The summed E-state index contributed by atoms with van der Waals surface area (Å²) in [7, 11) is 0. The van der Waals surface area contributed by atoms with Crippen LogP contribution in [0, 0.1) is 0 Å². The Bertz CT molecular complexity index is 720. The maximum Gasteiger partial charge on any atom is 0.416 e. The summed E-state index contributed by atoms with van der Waals surface area (Å²) in [6, 6.07) is 10.7. The molecule has 0 aliphatic rings. The van der Waals surface area contributed by atoms with Crippen molar-refractivity contribution < 1.29 is 17.8 Å². The van der Waals surface area contributed by atoms with Gasteiger partial charge < -0.3 is 0 Å². The van der Waals surface area contributed by atoms with E-state index in [1.807, 2.05) is 0 Å². The van der Waals surface area contributed by atoms with Gasteiger partial charge in [0, 0.05) is 5.56 Å². The zero-order valence-corrected chi connectivity index (χ0v) is 9.48. The summed E-state index contributed by atoms with van der Waals surface area (Å²) in [6.45, 7) is 0. The van der Waals surface area contributed by atoms with Crippen LogP contribution in [0.1, 0.15) is 5.56 Å². The van der Waals surface area contributed by atoms with Crippen molar-refractivity contribution in [3.05, 3.63) is 48.0 Å². The molecule has 0 amide bonds. The van der Waals surface area contributed by atoms with Gasteiger partial charge in [0.25, 0.3) is 0 Å². The molecule has 0 atom stereocenters. The third kappa shape index (κ3) is 2.05. The van der Waals surface area contributed by atoms with Gasteiger partial charge >= 0.3 is 6.18 Å². The van der Waals surface area contributed by atoms with Gasteiger partial charge in [-0.1, -0.05) is 30.3 Å². The number of halogens is 3. The van der Waals surface area contributed by atoms with E-state index in [1.54, 1.807) is 30.3 Å². The lowest BCUT2D eigenvalue weighted by Crippen LogP contribution is -2.05. The van der Waals surface area contributed by atoms with Crippen LogP contribution < -0.4 is 0 Å². The highest BCUT2D eigenvalue weighted by atomic mass is 19.4. The summed E-state index contributed by atoms with van der Waals surface area (Å²) in [5.41, 5.74) is 0.628. The molecule has 0 bridgehead atoms. The molecule has 0 N–H and O–H groups in total. The molecule has 6 heteroatoms. The smallest absolute Gasteiger partial charge is 0.243 e. The molecule has 0 saturated carbocycles. The van der Waals surface area contributed by atoms with Crippen LogP contribution in [0.3, 0.4) is 0 Å². The fourth-order valence-electron chi connectivity index (χ4n) is 1.89. The second-order valence-corrected chi connectivity index (χ2v) is 4.02. The number of aromatic nitrogens is 2. The second kappa shape index (κ2) is 4.08. The van der Waals surface area contributed by atoms with Crippen LogP contribution in [-0.4, -0.2) is 10.3 Å². The third-order valence-corrected chi connectivity index (χ3v) is 2.77. The Morgan fingerprint density at radius 1 is 0.947 bits per heavy atom. The largest absolute Gasteiger partial charge is 0.416 e. The Hall–Kier alpha value is -2.37. The van der Waals surface area contributed by atoms with Gasteiger partial charge in [0.2, 0.25) is 0 Å². The average molecular weight is 264 g/mol. The van der Waals surface area contributed by atoms with Crippen molar-refractivity contribution in [1.82, 2.24) is 10.3 Å². The van der Waals surface area contributed by atoms with Gasteiger partial charge in [0.05, 0.1) is 5.56 Å². The number of hydrogen-bond donors (Lipinski definition) is 0. The van der Waals surface area contributed by atoms with E-state index in [4.69, 9.17) is 0 Å². The van der Waals surface area contributed by atoms with Crippen LogP contribution in [-0.2, 0) is 6.18 Å². The summed E-state index contributed by atoms with van der Waals surface area (Å²) in [5.74, 6) is 0. The summed E-state index contributed by atoms with van der Waals surface area (Å²) in [4.78, 5) is 0. The van der Waals surface area contributed by atoms with E-state index in [2.05, 4.69) is 14.9 Å². The Balaban J connectivity index is 2.31. The number of alkyl halides is 3. The monoisotopic (exact) mass is 264 g/mol. The molecule has 3 aromatic rings. The lowest BCUT2D eigenvalue weighted by Gasteiger charge is -2.09. The van der Waals surface area contributed by atoms with E-state index in [0.29, 0.717) is 16.6 Å². The molecule has 0 radical (unpaired) electrons. The Morgan fingerprint density at radius 3 is 2.37 bits per heavy atom. The first-order valence-corrected chi connectivity index (χ1v) is 5.44. The van der Waals surface area contributed by atoms with E-state index in [-0.39, 0.29) is 5.52 Å². The molecular formula is C13H7F3N2O. The summed E-state index contributed by atoms with van der Waals surface area (Å²) < 4.78 is 43.0. The maximum atomic E-state index is 12.8. The average Bonchev–Trinajstić information content (AvgIpc) is 2.85. The molecule has 0 aliphatic heterocycles. The molecule has 3 nitrogen and oxygen atoms in total. The Kier molecular flexibility index (Phi) is 2.51. The molecule has 3 rings (SSSR count). The molecule has 0 spiro atoms. The van der Waals surface area contributed by atoms with E-state index >= 15 is 0 Å². The van der Waals surface area contributed by atoms with Crippen LogP contribution >= 0.6 is 0 Å². The molecule has 0 unspecified atom stereocenters. The number of rotatable bonds is 1. The lowest BCUT2D eigenvalue weighted by molar-refractivity contribution is -0.137. The van der Waals surface area contributed by atoms with E-state index in [0.717, 1.165) is 12.1 Å². The predicted octanol–water partition coefficient (Wildman–Crippen LogP) is 3.91. The highest BCUT2D eigenvalue weighted by Crippen LogP contribution is 2.35. The van der Waals surface area contributed by atoms with Gasteiger partial charge in [-0.3, -0.25) is 0 Å². The minimum absolute atomic E-state index is 0.0914. The van der Waals surface area contributed by atoms with Crippen molar-refractivity contribution in [2.45, 2.75) is 6.18 Å². The lowest BCUT2D eigenvalue weighted by atomic mass is 10.0. The van der Waals surface area contributed by atoms with Crippen molar-refractivity contribution in [1.29, 1.82) is 0 Å². The number of benzene rings is 2. The van der Waals surface area contributed by atoms with Crippen LogP contribution in [0.4, 0.5) is 13.2 Å². The molecule has 0 saturated heterocycles. The fraction of sp³-hybridized carbons (Fsp3) is 0.0769. The molecule has 1 heterocycles. The quantitative estimate of drug-likeness (QED) is 0.669. The van der Waals surface area contributed by atoms with Crippen molar-refractivity contribution in [3.63, 3.8) is 0 Å². The summed E-state index contributed by atoms with van der Waals surface area (Å²) in [6.07, 6.45) is -4.43. The zero-order chi connectivity index (χ0) is 13.5. The molecule has 2 aromatic carbocycles. The molecule has 1 aromatic heterocycles. The van der Waals surface area contributed by atoms with Gasteiger partial charge in [-0.2, -0.15) is 13.2 Å². The Morgan fingerprint density at radius 2 is 1.68 bits per heavy atom. The van der Waals surface area contributed by atoms with Crippen molar-refractivity contribution >= 4 is 11.0 Å². The van der Waals surface area contributed by atoms with Gasteiger partial charge in [-0.05, 0) is 28.0 Å². The standard InChI is InChI=1S/C13H7F3N2O/c14-13(15,16)9-6-10(8-4-2-1-3-5-8)12-11(7-9)17-19-18-12/h1-7H. The molecule has 0 fully saturated rings. The number of hydrogen-bond acceptors (Lipinski definition) is 3. The second-order valence-electron chi connectivity index (χ2n) is 4.02. The first kappa shape index (κ1) is 11.7. The third-order valence-electron chi connectivity index (χ3n) is 2.77. The number of fused-ring (bicyclic) bond motifs is 1. The van der Waals surface area contributed by atoms with Crippen LogP contribution in [0.5, 0.6) is 0 Å². The van der Waals surface area contributed by atoms with Gasteiger partial charge in [-0.25, -0.2) is 4.63 Å². The Labute approximate surface area is 105 Å². The van der Waals surface area contributed by atoms with Crippen LogP contribution in [0.15, 0.2) is 47.1 Å². The first-order chi connectivity index (χ1) is 9.05. The van der Waals surface area contributed by atoms with Crippen molar-refractivity contribution in [2.24, 2.45) is 0 Å². The highest BCUT2D eigenvalue weighted by Gasteiger charge is 2.32. The summed E-state index contributed by atoms with van der Waals surface area (Å²) >= 11 is 0. The molecule has 96 valence electrons. The van der Waals surface area contributed by atoms with Gasteiger partial charge in [-0.15, -0.1) is 0 Å². The van der Waals surface area contributed by atoms with Crippen molar-refractivity contribution in [2.75, 3.05) is 0 Å². The topological polar surface area (TPSA) is 38.9 Å². The fourth-order valence-corrected chi connectivity index (χ4v) is 1.89.